The molecule has 0 spiro atoms. The Morgan fingerprint density at radius 3 is 1.74 bits per heavy atom. The lowest BCUT2D eigenvalue weighted by atomic mass is 9.66. The standard InChI is InChI=1S/C24H40N2O/c1-21(2)16-7-9-23(5,13-16)19(21)25-11-12-26(18(27)15-25)20-22(3,4)17-8-10-24(20,6)14-17/h16-17,19-20H,7-15H2,1-6H3/t16-,17-,19-,20-,23+,24+/m0/s1. The zero-order valence-electron chi connectivity index (χ0n) is 18.5. The van der Waals surface area contributed by atoms with Crippen molar-refractivity contribution in [3.05, 3.63) is 0 Å². The normalized spacial score (nSPS) is 50.7. The predicted octanol–water partition coefficient (Wildman–Crippen LogP) is 4.56. The van der Waals surface area contributed by atoms with Crippen molar-refractivity contribution in [2.45, 2.75) is 92.2 Å². The number of amides is 1. The van der Waals surface area contributed by atoms with Gasteiger partial charge in [0.2, 0.25) is 5.91 Å². The highest BCUT2D eigenvalue weighted by Gasteiger charge is 2.64. The first-order valence-electron chi connectivity index (χ1n) is 11.5. The molecule has 1 heterocycles. The molecule has 152 valence electrons. The number of carbonyl (C=O) groups is 1. The van der Waals surface area contributed by atoms with Gasteiger partial charge in [0, 0.05) is 25.2 Å². The molecule has 6 atom stereocenters. The largest absolute Gasteiger partial charge is 0.336 e. The number of piperazine rings is 1. The molecule has 0 aromatic carbocycles. The lowest BCUT2D eigenvalue weighted by Gasteiger charge is -2.54. The molecule has 0 N–H and O–H groups in total. The third-order valence-corrected chi connectivity index (χ3v) is 10.4. The van der Waals surface area contributed by atoms with Crippen LogP contribution in [-0.2, 0) is 4.79 Å². The van der Waals surface area contributed by atoms with Gasteiger partial charge in [0.1, 0.15) is 0 Å². The quantitative estimate of drug-likeness (QED) is 0.709. The number of hydrogen-bond donors (Lipinski definition) is 0. The fourth-order valence-corrected chi connectivity index (χ4v) is 9.44. The Labute approximate surface area is 166 Å². The predicted molar refractivity (Wildman–Crippen MR) is 109 cm³/mol. The molecule has 5 rings (SSSR count). The highest BCUT2D eigenvalue weighted by molar-refractivity contribution is 5.80. The van der Waals surface area contributed by atoms with Crippen LogP contribution in [0.5, 0.6) is 0 Å². The van der Waals surface area contributed by atoms with E-state index in [0.717, 1.165) is 24.9 Å². The van der Waals surface area contributed by atoms with Crippen molar-refractivity contribution in [3.63, 3.8) is 0 Å². The molecule has 5 fully saturated rings. The van der Waals surface area contributed by atoms with Crippen LogP contribution in [0.15, 0.2) is 0 Å². The van der Waals surface area contributed by atoms with E-state index in [4.69, 9.17) is 0 Å². The van der Waals surface area contributed by atoms with Crippen molar-refractivity contribution in [2.75, 3.05) is 19.6 Å². The van der Waals surface area contributed by atoms with Crippen molar-refractivity contribution >= 4 is 5.91 Å². The van der Waals surface area contributed by atoms with Crippen molar-refractivity contribution in [1.29, 1.82) is 0 Å². The van der Waals surface area contributed by atoms with E-state index >= 15 is 0 Å². The molecule has 4 saturated carbocycles. The lowest BCUT2D eigenvalue weighted by Crippen LogP contribution is -2.65. The summed E-state index contributed by atoms with van der Waals surface area (Å²) in [5.74, 6) is 2.07. The molecule has 4 bridgehead atoms. The van der Waals surface area contributed by atoms with Crippen LogP contribution in [0.2, 0.25) is 0 Å². The first-order valence-corrected chi connectivity index (χ1v) is 11.5. The molecule has 1 amide bonds. The van der Waals surface area contributed by atoms with Gasteiger partial charge in [-0.3, -0.25) is 9.69 Å². The van der Waals surface area contributed by atoms with Crippen molar-refractivity contribution in [1.82, 2.24) is 9.80 Å². The average Bonchev–Trinajstić information content (AvgIpc) is 3.22. The van der Waals surface area contributed by atoms with Crippen LogP contribution in [-0.4, -0.2) is 47.4 Å². The highest BCUT2D eigenvalue weighted by atomic mass is 16.2. The van der Waals surface area contributed by atoms with E-state index < -0.39 is 0 Å². The third-order valence-electron chi connectivity index (χ3n) is 10.4. The Morgan fingerprint density at radius 1 is 0.778 bits per heavy atom. The summed E-state index contributed by atoms with van der Waals surface area (Å²) in [6, 6.07) is 1.03. The summed E-state index contributed by atoms with van der Waals surface area (Å²) >= 11 is 0. The van der Waals surface area contributed by atoms with Crippen molar-refractivity contribution in [2.24, 2.45) is 33.5 Å². The van der Waals surface area contributed by atoms with Gasteiger partial charge in [-0.15, -0.1) is 0 Å². The van der Waals surface area contributed by atoms with Gasteiger partial charge < -0.3 is 4.90 Å². The van der Waals surface area contributed by atoms with E-state index in [9.17, 15) is 4.79 Å². The van der Waals surface area contributed by atoms with E-state index in [0.29, 0.717) is 40.8 Å². The fourth-order valence-electron chi connectivity index (χ4n) is 9.44. The maximum Gasteiger partial charge on any atom is 0.237 e. The fraction of sp³-hybridized carbons (Fsp3) is 0.958. The van der Waals surface area contributed by atoms with Gasteiger partial charge in [0.05, 0.1) is 6.54 Å². The number of hydrogen-bond acceptors (Lipinski definition) is 2. The number of fused-ring (bicyclic) bond motifs is 4. The topological polar surface area (TPSA) is 23.6 Å². The summed E-state index contributed by atoms with van der Waals surface area (Å²) in [5, 5.41) is 0. The Kier molecular flexibility index (Phi) is 3.63. The summed E-state index contributed by atoms with van der Waals surface area (Å²) < 4.78 is 0. The third kappa shape index (κ3) is 2.27. The van der Waals surface area contributed by atoms with Gasteiger partial charge >= 0.3 is 0 Å². The molecule has 1 aliphatic heterocycles. The number of carbonyl (C=O) groups excluding carboxylic acids is 1. The lowest BCUT2D eigenvalue weighted by molar-refractivity contribution is -0.151. The zero-order valence-corrected chi connectivity index (χ0v) is 18.5. The molecule has 0 unspecified atom stereocenters. The van der Waals surface area contributed by atoms with E-state index in [1.54, 1.807) is 0 Å². The molecular formula is C24H40N2O. The Balaban J connectivity index is 1.37. The second kappa shape index (κ2) is 5.32. The van der Waals surface area contributed by atoms with Gasteiger partial charge in [-0.05, 0) is 72.0 Å². The first-order chi connectivity index (χ1) is 12.5. The summed E-state index contributed by atoms with van der Waals surface area (Å²) in [6.07, 6.45) is 8.13. The van der Waals surface area contributed by atoms with Crippen molar-refractivity contribution < 1.29 is 4.79 Å². The number of rotatable bonds is 2. The monoisotopic (exact) mass is 372 g/mol. The molecule has 3 heteroatoms. The second-order valence-electron chi connectivity index (χ2n) is 12.7. The summed E-state index contributed by atoms with van der Waals surface area (Å²) in [4.78, 5) is 18.4. The maximum atomic E-state index is 13.5. The summed E-state index contributed by atoms with van der Waals surface area (Å²) in [5.41, 5.74) is 1.41. The molecule has 0 aromatic rings. The number of nitrogens with zero attached hydrogens (tertiary/aromatic N) is 2. The second-order valence-corrected chi connectivity index (χ2v) is 12.7. The molecule has 5 aliphatic rings. The van der Waals surface area contributed by atoms with Crippen molar-refractivity contribution in [3.8, 4) is 0 Å². The van der Waals surface area contributed by atoms with E-state index in [1.165, 1.54) is 38.5 Å². The Morgan fingerprint density at radius 2 is 1.30 bits per heavy atom. The van der Waals surface area contributed by atoms with Gasteiger partial charge in [0.25, 0.3) is 0 Å². The molecule has 27 heavy (non-hydrogen) atoms. The summed E-state index contributed by atoms with van der Waals surface area (Å²) in [6.45, 7) is 17.5. The van der Waals surface area contributed by atoms with Gasteiger partial charge in [-0.1, -0.05) is 41.5 Å². The minimum Gasteiger partial charge on any atom is -0.336 e. The van der Waals surface area contributed by atoms with Crippen LogP contribution in [0.4, 0.5) is 0 Å². The maximum absolute atomic E-state index is 13.5. The van der Waals surface area contributed by atoms with E-state index in [-0.39, 0.29) is 5.41 Å². The molecule has 4 aliphatic carbocycles. The Bertz CT molecular complexity index is 660. The van der Waals surface area contributed by atoms with Gasteiger partial charge in [-0.25, -0.2) is 0 Å². The van der Waals surface area contributed by atoms with E-state index in [2.05, 4.69) is 51.3 Å². The minimum atomic E-state index is 0.280. The first kappa shape index (κ1) is 18.5. The van der Waals surface area contributed by atoms with Gasteiger partial charge in [-0.2, -0.15) is 0 Å². The molecular weight excluding hydrogens is 332 g/mol. The van der Waals surface area contributed by atoms with Crippen LogP contribution in [0.3, 0.4) is 0 Å². The Hall–Kier alpha value is -0.570. The molecule has 0 radical (unpaired) electrons. The molecule has 0 aromatic heterocycles. The molecule has 1 saturated heterocycles. The van der Waals surface area contributed by atoms with Crippen LogP contribution in [0.25, 0.3) is 0 Å². The van der Waals surface area contributed by atoms with Gasteiger partial charge in [0.15, 0.2) is 0 Å². The zero-order chi connectivity index (χ0) is 19.4. The van der Waals surface area contributed by atoms with Crippen LogP contribution >= 0.6 is 0 Å². The average molecular weight is 373 g/mol. The molecule has 3 nitrogen and oxygen atoms in total. The highest BCUT2D eigenvalue weighted by Crippen LogP contribution is 2.65. The smallest absolute Gasteiger partial charge is 0.237 e. The SMILES string of the molecule is CC1(C)[C@H]2CC[C@](C)(C2)[C@H]1N1CCN([C@H]2C(C)(C)[C@H]3CC[C@]2(C)C3)C(=O)C1. The van der Waals surface area contributed by atoms with E-state index in [1.807, 2.05) is 0 Å². The summed E-state index contributed by atoms with van der Waals surface area (Å²) in [7, 11) is 0. The van der Waals surface area contributed by atoms with Crippen LogP contribution in [0, 0.1) is 33.5 Å². The minimum absolute atomic E-state index is 0.280. The van der Waals surface area contributed by atoms with Crippen LogP contribution < -0.4 is 0 Å². The van der Waals surface area contributed by atoms with Crippen LogP contribution in [0.1, 0.15) is 80.1 Å².